The summed E-state index contributed by atoms with van der Waals surface area (Å²) >= 11 is 1.39. The van der Waals surface area contributed by atoms with E-state index in [1.54, 1.807) is 12.5 Å². The zero-order chi connectivity index (χ0) is 12.5. The summed E-state index contributed by atoms with van der Waals surface area (Å²) in [4.78, 5) is 1.07. The molecule has 0 bridgehead atoms. The summed E-state index contributed by atoms with van der Waals surface area (Å²) in [5.41, 5.74) is 8.30. The van der Waals surface area contributed by atoms with Crippen LogP contribution in [0.25, 0.3) is 0 Å². The molecule has 2 aromatic heterocycles. The molecule has 1 unspecified atom stereocenters. The molecule has 0 aromatic carbocycles. The lowest BCUT2D eigenvalue weighted by atomic mass is 9.89. The van der Waals surface area contributed by atoms with Crippen LogP contribution in [0.1, 0.15) is 42.9 Å². The number of hydrogen-bond acceptors (Lipinski definition) is 5. The lowest BCUT2D eigenvalue weighted by molar-refractivity contribution is 0.547. The van der Waals surface area contributed by atoms with Gasteiger partial charge in [-0.15, -0.1) is 5.10 Å². The Bertz CT molecular complexity index is 470. The Labute approximate surface area is 105 Å². The lowest BCUT2D eigenvalue weighted by Gasteiger charge is -2.19. The number of aromatic nitrogens is 2. The van der Waals surface area contributed by atoms with Crippen molar-refractivity contribution in [2.24, 2.45) is 5.73 Å². The molecule has 0 fully saturated rings. The summed E-state index contributed by atoms with van der Waals surface area (Å²) in [7, 11) is 0. The topological polar surface area (TPSA) is 64.9 Å². The molecule has 0 aliphatic carbocycles. The Hall–Kier alpha value is -1.20. The van der Waals surface area contributed by atoms with E-state index in [1.807, 2.05) is 6.07 Å². The average Bonchev–Trinajstić information content (AvgIpc) is 2.85. The van der Waals surface area contributed by atoms with Crippen LogP contribution in [-0.2, 0) is 11.8 Å². The lowest BCUT2D eigenvalue weighted by Crippen LogP contribution is -2.20. The van der Waals surface area contributed by atoms with Gasteiger partial charge in [-0.2, -0.15) is 0 Å². The van der Waals surface area contributed by atoms with Gasteiger partial charge in [-0.1, -0.05) is 25.3 Å². The summed E-state index contributed by atoms with van der Waals surface area (Å²) in [6.45, 7) is 6.37. The third-order valence-corrected chi connectivity index (χ3v) is 3.45. The molecule has 92 valence electrons. The van der Waals surface area contributed by atoms with E-state index in [0.717, 1.165) is 22.6 Å². The molecule has 5 heteroatoms. The van der Waals surface area contributed by atoms with Crippen LogP contribution in [0, 0.1) is 0 Å². The number of hydrogen-bond donors (Lipinski definition) is 1. The zero-order valence-corrected chi connectivity index (χ0v) is 11.1. The second kappa shape index (κ2) is 4.58. The molecular formula is C12H17N3OS. The van der Waals surface area contributed by atoms with Crippen molar-refractivity contribution in [3.05, 3.63) is 34.7 Å². The van der Waals surface area contributed by atoms with E-state index in [1.165, 1.54) is 11.5 Å². The molecule has 0 amide bonds. The highest BCUT2D eigenvalue weighted by molar-refractivity contribution is 7.05. The van der Waals surface area contributed by atoms with Crippen LogP contribution in [0.4, 0.5) is 0 Å². The SMILES string of the molecule is CC(C)(C)c1nnsc1C(N)Cc1ccoc1. The smallest absolute Gasteiger partial charge is 0.0935 e. The molecule has 2 rings (SSSR count). The van der Waals surface area contributed by atoms with Crippen LogP contribution >= 0.6 is 11.5 Å². The van der Waals surface area contributed by atoms with Crippen molar-refractivity contribution in [3.8, 4) is 0 Å². The molecule has 1 atom stereocenters. The van der Waals surface area contributed by atoms with Gasteiger partial charge in [-0.05, 0) is 29.6 Å². The fourth-order valence-electron chi connectivity index (χ4n) is 1.72. The van der Waals surface area contributed by atoms with Gasteiger partial charge in [-0.3, -0.25) is 0 Å². The van der Waals surface area contributed by atoms with E-state index in [2.05, 4.69) is 30.4 Å². The minimum Gasteiger partial charge on any atom is -0.472 e. The first-order chi connectivity index (χ1) is 7.98. The van der Waals surface area contributed by atoms with E-state index in [-0.39, 0.29) is 11.5 Å². The van der Waals surface area contributed by atoms with E-state index in [4.69, 9.17) is 10.2 Å². The molecule has 17 heavy (non-hydrogen) atoms. The number of nitrogens with zero attached hydrogens (tertiary/aromatic N) is 2. The second-order valence-corrected chi connectivity index (χ2v) is 5.96. The average molecular weight is 251 g/mol. The van der Waals surface area contributed by atoms with Gasteiger partial charge in [0.05, 0.1) is 23.1 Å². The van der Waals surface area contributed by atoms with Crippen molar-refractivity contribution < 1.29 is 4.42 Å². The molecule has 0 spiro atoms. The molecule has 2 N–H and O–H groups in total. The minimum atomic E-state index is -0.0678. The number of nitrogens with two attached hydrogens (primary N) is 1. The highest BCUT2D eigenvalue weighted by Crippen LogP contribution is 2.30. The summed E-state index contributed by atoms with van der Waals surface area (Å²) < 4.78 is 9.07. The normalized spacial score (nSPS) is 13.9. The molecule has 0 saturated carbocycles. The zero-order valence-electron chi connectivity index (χ0n) is 10.3. The quantitative estimate of drug-likeness (QED) is 0.910. The van der Waals surface area contributed by atoms with Crippen molar-refractivity contribution >= 4 is 11.5 Å². The maximum Gasteiger partial charge on any atom is 0.0935 e. The van der Waals surface area contributed by atoms with Gasteiger partial charge < -0.3 is 10.2 Å². The third-order valence-electron chi connectivity index (χ3n) is 2.60. The van der Waals surface area contributed by atoms with Crippen molar-refractivity contribution in [3.63, 3.8) is 0 Å². The Morgan fingerprint density at radius 3 is 2.82 bits per heavy atom. The summed E-state index contributed by atoms with van der Waals surface area (Å²) in [5, 5.41) is 4.20. The van der Waals surface area contributed by atoms with E-state index in [9.17, 15) is 0 Å². The van der Waals surface area contributed by atoms with Gasteiger partial charge in [0.25, 0.3) is 0 Å². The monoisotopic (exact) mass is 251 g/mol. The van der Waals surface area contributed by atoms with Gasteiger partial charge in [0.15, 0.2) is 0 Å². The maximum absolute atomic E-state index is 6.22. The summed E-state index contributed by atoms with van der Waals surface area (Å²) in [6, 6.07) is 1.87. The highest BCUT2D eigenvalue weighted by atomic mass is 32.1. The molecule has 2 aromatic rings. The van der Waals surface area contributed by atoms with Gasteiger partial charge in [-0.25, -0.2) is 0 Å². The molecule has 0 radical (unpaired) electrons. The first-order valence-corrected chi connectivity index (χ1v) is 6.35. The van der Waals surface area contributed by atoms with Crippen molar-refractivity contribution in [1.82, 2.24) is 9.59 Å². The maximum atomic E-state index is 6.22. The minimum absolute atomic E-state index is 0.0175. The Morgan fingerprint density at radius 2 is 2.24 bits per heavy atom. The molecular weight excluding hydrogens is 234 g/mol. The second-order valence-electron chi connectivity index (χ2n) is 5.18. The Morgan fingerprint density at radius 1 is 1.47 bits per heavy atom. The molecule has 0 aliphatic rings. The Kier molecular flexibility index (Phi) is 3.31. The van der Waals surface area contributed by atoms with E-state index >= 15 is 0 Å². The standard InChI is InChI=1S/C12H17N3OS/c1-12(2,3)11-10(17-15-14-11)9(13)6-8-4-5-16-7-8/h4-5,7,9H,6,13H2,1-3H3. The first kappa shape index (κ1) is 12.3. The fraction of sp³-hybridized carbons (Fsp3) is 0.500. The largest absolute Gasteiger partial charge is 0.472 e. The van der Waals surface area contributed by atoms with Crippen molar-refractivity contribution in [1.29, 1.82) is 0 Å². The molecule has 0 aliphatic heterocycles. The molecule has 2 heterocycles. The van der Waals surface area contributed by atoms with Crippen LogP contribution in [-0.4, -0.2) is 9.59 Å². The third kappa shape index (κ3) is 2.73. The fourth-order valence-corrected chi connectivity index (χ4v) is 2.58. The predicted octanol–water partition coefficient (Wildman–Crippen LogP) is 2.67. The summed E-state index contributed by atoms with van der Waals surface area (Å²) in [6.07, 6.45) is 4.15. The van der Waals surface area contributed by atoms with Crippen molar-refractivity contribution in [2.45, 2.75) is 38.6 Å². The first-order valence-electron chi connectivity index (χ1n) is 5.58. The molecule has 4 nitrogen and oxygen atoms in total. The van der Waals surface area contributed by atoms with E-state index in [0.29, 0.717) is 0 Å². The number of furan rings is 1. The van der Waals surface area contributed by atoms with Gasteiger partial charge in [0.1, 0.15) is 0 Å². The molecule has 0 saturated heterocycles. The van der Waals surface area contributed by atoms with Crippen LogP contribution in [0.3, 0.4) is 0 Å². The van der Waals surface area contributed by atoms with Crippen LogP contribution in [0.15, 0.2) is 23.0 Å². The van der Waals surface area contributed by atoms with Crippen LogP contribution in [0.2, 0.25) is 0 Å². The van der Waals surface area contributed by atoms with Crippen molar-refractivity contribution in [2.75, 3.05) is 0 Å². The van der Waals surface area contributed by atoms with E-state index < -0.39 is 0 Å². The van der Waals surface area contributed by atoms with Crippen LogP contribution < -0.4 is 5.73 Å². The van der Waals surface area contributed by atoms with Gasteiger partial charge >= 0.3 is 0 Å². The Balaban J connectivity index is 2.20. The highest BCUT2D eigenvalue weighted by Gasteiger charge is 2.25. The predicted molar refractivity (Wildman–Crippen MR) is 67.9 cm³/mol. The van der Waals surface area contributed by atoms with Gasteiger partial charge in [0.2, 0.25) is 0 Å². The van der Waals surface area contributed by atoms with Crippen LogP contribution in [0.5, 0.6) is 0 Å². The number of rotatable bonds is 3. The summed E-state index contributed by atoms with van der Waals surface area (Å²) in [5.74, 6) is 0. The van der Waals surface area contributed by atoms with Gasteiger partial charge in [0, 0.05) is 11.5 Å².